The molecule has 0 saturated heterocycles. The van der Waals surface area contributed by atoms with Gasteiger partial charge in [-0.05, 0) is 49.4 Å². The molecule has 0 atom stereocenters. The first-order valence-corrected chi connectivity index (χ1v) is 7.65. The molecule has 0 fully saturated rings. The van der Waals surface area contributed by atoms with Gasteiger partial charge in [-0.15, -0.1) is 0 Å². The van der Waals surface area contributed by atoms with Crippen LogP contribution in [0.1, 0.15) is 52.9 Å². The van der Waals surface area contributed by atoms with Crippen molar-refractivity contribution in [3.63, 3.8) is 0 Å². The van der Waals surface area contributed by atoms with E-state index in [0.717, 1.165) is 31.1 Å². The molecule has 0 unspecified atom stereocenters. The van der Waals surface area contributed by atoms with Crippen LogP contribution in [-0.4, -0.2) is 13.2 Å². The van der Waals surface area contributed by atoms with Crippen LogP contribution in [0.3, 0.4) is 0 Å². The van der Waals surface area contributed by atoms with Gasteiger partial charge in [0.1, 0.15) is 11.5 Å². The lowest BCUT2D eigenvalue weighted by atomic mass is 9.99. The Kier molecular flexibility index (Phi) is 8.11. The van der Waals surface area contributed by atoms with Crippen LogP contribution in [0.15, 0.2) is 24.3 Å². The van der Waals surface area contributed by atoms with E-state index in [-0.39, 0.29) is 0 Å². The zero-order valence-electron chi connectivity index (χ0n) is 12.7. The molecule has 1 rings (SSSR count). The summed E-state index contributed by atoms with van der Waals surface area (Å²) >= 11 is 0. The maximum absolute atomic E-state index is 5.88. The Hall–Kier alpha value is -1.18. The first-order valence-electron chi connectivity index (χ1n) is 7.65. The molecular weight excluding hydrogens is 236 g/mol. The molecule has 19 heavy (non-hydrogen) atoms. The molecule has 0 spiro atoms. The summed E-state index contributed by atoms with van der Waals surface area (Å²) in [6.45, 7) is 8.19. The molecule has 0 bridgehead atoms. The van der Waals surface area contributed by atoms with E-state index in [9.17, 15) is 0 Å². The Morgan fingerprint density at radius 1 is 0.789 bits per heavy atom. The van der Waals surface area contributed by atoms with E-state index in [1.165, 1.54) is 25.7 Å². The number of rotatable bonds is 10. The van der Waals surface area contributed by atoms with Gasteiger partial charge in [0.05, 0.1) is 13.2 Å². The van der Waals surface area contributed by atoms with Gasteiger partial charge in [-0.25, -0.2) is 0 Å². The molecule has 0 N–H and O–H groups in total. The SMILES string of the molecule is CCCOc1ccc(OCC(CCC)CCC)cc1. The fourth-order valence-corrected chi connectivity index (χ4v) is 2.19. The van der Waals surface area contributed by atoms with Crippen molar-refractivity contribution in [3.05, 3.63) is 24.3 Å². The molecule has 2 heteroatoms. The predicted molar refractivity (Wildman–Crippen MR) is 81.0 cm³/mol. The van der Waals surface area contributed by atoms with E-state index in [0.29, 0.717) is 5.92 Å². The van der Waals surface area contributed by atoms with Crippen molar-refractivity contribution in [1.29, 1.82) is 0 Å². The minimum absolute atomic E-state index is 0.686. The van der Waals surface area contributed by atoms with E-state index >= 15 is 0 Å². The third-order valence-electron chi connectivity index (χ3n) is 3.18. The van der Waals surface area contributed by atoms with Gasteiger partial charge in [-0.3, -0.25) is 0 Å². The van der Waals surface area contributed by atoms with Gasteiger partial charge in [0.2, 0.25) is 0 Å². The smallest absolute Gasteiger partial charge is 0.119 e. The van der Waals surface area contributed by atoms with Crippen LogP contribution in [-0.2, 0) is 0 Å². The van der Waals surface area contributed by atoms with Gasteiger partial charge in [-0.2, -0.15) is 0 Å². The normalized spacial score (nSPS) is 10.7. The number of benzene rings is 1. The third kappa shape index (κ3) is 6.51. The van der Waals surface area contributed by atoms with Crippen LogP contribution in [0.4, 0.5) is 0 Å². The van der Waals surface area contributed by atoms with Crippen molar-refractivity contribution in [2.24, 2.45) is 5.92 Å². The van der Waals surface area contributed by atoms with Gasteiger partial charge in [0, 0.05) is 0 Å². The van der Waals surface area contributed by atoms with Crippen LogP contribution < -0.4 is 9.47 Å². The van der Waals surface area contributed by atoms with Crippen molar-refractivity contribution in [2.45, 2.75) is 52.9 Å². The lowest BCUT2D eigenvalue weighted by Gasteiger charge is -2.16. The number of hydrogen-bond acceptors (Lipinski definition) is 2. The lowest BCUT2D eigenvalue weighted by Crippen LogP contribution is -2.11. The molecule has 1 aromatic carbocycles. The standard InChI is InChI=1S/C17H28O2/c1-4-7-15(8-5-2)14-19-17-11-9-16(10-12-17)18-13-6-3/h9-12,15H,4-8,13-14H2,1-3H3. The Bertz CT molecular complexity index is 313. The van der Waals surface area contributed by atoms with Crippen molar-refractivity contribution < 1.29 is 9.47 Å². The summed E-state index contributed by atoms with van der Waals surface area (Å²) in [6.07, 6.45) is 6.01. The summed E-state index contributed by atoms with van der Waals surface area (Å²) in [5.74, 6) is 2.56. The third-order valence-corrected chi connectivity index (χ3v) is 3.18. The van der Waals surface area contributed by atoms with Crippen molar-refractivity contribution in [3.8, 4) is 11.5 Å². The molecule has 0 aromatic heterocycles. The lowest BCUT2D eigenvalue weighted by molar-refractivity contribution is 0.229. The minimum Gasteiger partial charge on any atom is -0.494 e. The van der Waals surface area contributed by atoms with E-state index < -0.39 is 0 Å². The molecule has 0 aliphatic heterocycles. The molecular formula is C17H28O2. The Morgan fingerprint density at radius 3 is 1.79 bits per heavy atom. The van der Waals surface area contributed by atoms with Gasteiger partial charge >= 0.3 is 0 Å². The average molecular weight is 264 g/mol. The summed E-state index contributed by atoms with van der Waals surface area (Å²) in [5.41, 5.74) is 0. The second kappa shape index (κ2) is 9.71. The molecule has 1 aromatic rings. The molecule has 0 radical (unpaired) electrons. The van der Waals surface area contributed by atoms with E-state index in [4.69, 9.17) is 9.47 Å². The van der Waals surface area contributed by atoms with Gasteiger partial charge in [0.25, 0.3) is 0 Å². The van der Waals surface area contributed by atoms with Crippen LogP contribution >= 0.6 is 0 Å². The topological polar surface area (TPSA) is 18.5 Å². The highest BCUT2D eigenvalue weighted by Crippen LogP contribution is 2.20. The zero-order chi connectivity index (χ0) is 13.9. The van der Waals surface area contributed by atoms with Crippen molar-refractivity contribution in [1.82, 2.24) is 0 Å². The summed E-state index contributed by atoms with van der Waals surface area (Å²) in [5, 5.41) is 0. The number of hydrogen-bond donors (Lipinski definition) is 0. The summed E-state index contributed by atoms with van der Waals surface area (Å²) < 4.78 is 11.4. The second-order valence-electron chi connectivity index (χ2n) is 5.07. The van der Waals surface area contributed by atoms with Crippen molar-refractivity contribution >= 4 is 0 Å². The van der Waals surface area contributed by atoms with E-state index in [2.05, 4.69) is 20.8 Å². The molecule has 0 aliphatic rings. The predicted octanol–water partition coefficient (Wildman–Crippen LogP) is 5.07. The highest BCUT2D eigenvalue weighted by molar-refractivity contribution is 5.31. The van der Waals surface area contributed by atoms with Gasteiger partial charge in [-0.1, -0.05) is 33.6 Å². The molecule has 0 amide bonds. The Morgan fingerprint density at radius 2 is 1.32 bits per heavy atom. The quantitative estimate of drug-likeness (QED) is 0.587. The molecule has 2 nitrogen and oxygen atoms in total. The van der Waals surface area contributed by atoms with Crippen LogP contribution in [0.2, 0.25) is 0 Å². The Labute approximate surface area is 118 Å². The molecule has 0 aliphatic carbocycles. The highest BCUT2D eigenvalue weighted by Gasteiger charge is 2.07. The van der Waals surface area contributed by atoms with Crippen LogP contribution in [0.5, 0.6) is 11.5 Å². The maximum Gasteiger partial charge on any atom is 0.119 e. The summed E-state index contributed by atoms with van der Waals surface area (Å²) in [6, 6.07) is 7.97. The number of ether oxygens (including phenoxy) is 2. The highest BCUT2D eigenvalue weighted by atomic mass is 16.5. The van der Waals surface area contributed by atoms with Crippen LogP contribution in [0, 0.1) is 5.92 Å². The van der Waals surface area contributed by atoms with Gasteiger partial charge in [0.15, 0.2) is 0 Å². The van der Waals surface area contributed by atoms with E-state index in [1.54, 1.807) is 0 Å². The Balaban J connectivity index is 2.39. The summed E-state index contributed by atoms with van der Waals surface area (Å²) in [4.78, 5) is 0. The molecule has 0 heterocycles. The van der Waals surface area contributed by atoms with Crippen molar-refractivity contribution in [2.75, 3.05) is 13.2 Å². The minimum atomic E-state index is 0.686. The monoisotopic (exact) mass is 264 g/mol. The van der Waals surface area contributed by atoms with Crippen LogP contribution in [0.25, 0.3) is 0 Å². The largest absolute Gasteiger partial charge is 0.494 e. The van der Waals surface area contributed by atoms with Gasteiger partial charge < -0.3 is 9.47 Å². The summed E-state index contributed by atoms with van der Waals surface area (Å²) in [7, 11) is 0. The average Bonchev–Trinajstić information content (AvgIpc) is 2.44. The zero-order valence-corrected chi connectivity index (χ0v) is 12.7. The fraction of sp³-hybridized carbons (Fsp3) is 0.647. The first-order chi connectivity index (χ1) is 9.30. The second-order valence-corrected chi connectivity index (χ2v) is 5.07. The fourth-order valence-electron chi connectivity index (χ4n) is 2.19. The molecule has 108 valence electrons. The maximum atomic E-state index is 5.88. The van der Waals surface area contributed by atoms with E-state index in [1.807, 2.05) is 24.3 Å². The molecule has 0 saturated carbocycles. The first kappa shape index (κ1) is 15.9.